The molecule has 7 N–H and O–H groups in total. The van der Waals surface area contributed by atoms with Crippen LogP contribution in [0.4, 0.5) is 0 Å². The van der Waals surface area contributed by atoms with Crippen molar-refractivity contribution in [3.8, 4) is 11.5 Å². The molecule has 1 heterocycles. The van der Waals surface area contributed by atoms with Gasteiger partial charge in [-0.3, -0.25) is 0 Å². The van der Waals surface area contributed by atoms with E-state index in [1.54, 1.807) is 0 Å². The molecule has 1 unspecified atom stereocenters. The maximum Gasteiger partial charge on any atom is 0.335 e. The van der Waals surface area contributed by atoms with E-state index >= 15 is 0 Å². The number of aromatic hydroxyl groups is 2. The summed E-state index contributed by atoms with van der Waals surface area (Å²) in [6, 6.07) is 3.88. The van der Waals surface area contributed by atoms with Crippen LogP contribution in [0.3, 0.4) is 0 Å². The van der Waals surface area contributed by atoms with Gasteiger partial charge < -0.3 is 50.0 Å². The van der Waals surface area contributed by atoms with E-state index in [2.05, 4.69) is 0 Å². The van der Waals surface area contributed by atoms with Gasteiger partial charge in [0.2, 0.25) is 0 Å². The van der Waals surface area contributed by atoms with E-state index in [0.29, 0.717) is 5.56 Å². The maximum atomic E-state index is 11.7. The predicted molar refractivity (Wildman–Crippen MR) is 96.0 cm³/mol. The molecule has 1 aromatic carbocycles. The summed E-state index contributed by atoms with van der Waals surface area (Å²) in [6.07, 6.45) is -8.02. The second kappa shape index (κ2) is 10.3. The minimum atomic E-state index is -1.87. The van der Waals surface area contributed by atoms with Gasteiger partial charge in [0.25, 0.3) is 0 Å². The highest BCUT2D eigenvalue weighted by atomic mass is 16.7. The Balaban J connectivity index is 1.79. The molecule has 12 heteroatoms. The number of hydrogen-bond donors (Lipinski definition) is 7. The fourth-order valence-corrected chi connectivity index (χ4v) is 2.48. The molecule has 30 heavy (non-hydrogen) atoms. The lowest BCUT2D eigenvalue weighted by Gasteiger charge is -2.38. The molecule has 0 amide bonds. The summed E-state index contributed by atoms with van der Waals surface area (Å²) in [5.74, 6) is -3.10. The zero-order chi connectivity index (χ0) is 22.4. The number of rotatable bonds is 8. The standard InChI is InChI=1S/C18H22O12/c19-9(6-28-12(22)4-2-8-1-3-10(20)11(21)5-8)7-29-18-15(25)13(23)14(24)16(30-18)17(26)27/h1-5,9,13-16,18-21,23-25H,6-7H2,(H,26,27)/b4-2+/t9?,13-,14-,15+,16-,18+/m0/s1. The lowest BCUT2D eigenvalue weighted by Crippen LogP contribution is -2.60. The van der Waals surface area contributed by atoms with Crippen LogP contribution in [-0.4, -0.2) is 97.7 Å². The summed E-state index contributed by atoms with van der Waals surface area (Å²) in [7, 11) is 0. The molecule has 1 aliphatic rings. The number of aliphatic hydroxyl groups is 4. The molecule has 1 aliphatic heterocycles. The summed E-state index contributed by atoms with van der Waals surface area (Å²) >= 11 is 0. The van der Waals surface area contributed by atoms with Gasteiger partial charge in [0.1, 0.15) is 31.0 Å². The molecule has 12 nitrogen and oxygen atoms in total. The van der Waals surface area contributed by atoms with Crippen molar-refractivity contribution in [2.75, 3.05) is 13.2 Å². The Labute approximate surface area is 169 Å². The molecule has 1 fully saturated rings. The zero-order valence-electron chi connectivity index (χ0n) is 15.4. The number of carbonyl (C=O) groups is 2. The van der Waals surface area contributed by atoms with Gasteiger partial charge in [-0.2, -0.15) is 0 Å². The number of carboxylic acids is 1. The Morgan fingerprint density at radius 2 is 1.77 bits per heavy atom. The monoisotopic (exact) mass is 430 g/mol. The fraction of sp³-hybridized carbons (Fsp3) is 0.444. The maximum absolute atomic E-state index is 11.7. The summed E-state index contributed by atoms with van der Waals surface area (Å²) in [4.78, 5) is 22.7. The van der Waals surface area contributed by atoms with E-state index in [4.69, 9.17) is 19.3 Å². The highest BCUT2D eigenvalue weighted by Crippen LogP contribution is 2.25. The Kier molecular flexibility index (Phi) is 8.11. The SMILES string of the molecule is O=C(/C=C/c1ccc(O)c(O)c1)OCC(O)CO[C@@H]1O[C@H](C(=O)O)[C@@H](O)[C@H](O)[C@H]1O. The average Bonchev–Trinajstić information content (AvgIpc) is 2.70. The van der Waals surface area contributed by atoms with Gasteiger partial charge in [0, 0.05) is 6.08 Å². The molecule has 0 aliphatic carbocycles. The van der Waals surface area contributed by atoms with Gasteiger partial charge in [0.05, 0.1) is 6.61 Å². The Bertz CT molecular complexity index is 778. The van der Waals surface area contributed by atoms with Crippen molar-refractivity contribution in [3.63, 3.8) is 0 Å². The van der Waals surface area contributed by atoms with Gasteiger partial charge in [0.15, 0.2) is 23.9 Å². The largest absolute Gasteiger partial charge is 0.504 e. The lowest BCUT2D eigenvalue weighted by molar-refractivity contribution is -0.298. The Morgan fingerprint density at radius 1 is 1.07 bits per heavy atom. The topological polar surface area (TPSA) is 203 Å². The minimum absolute atomic E-state index is 0.318. The molecule has 1 saturated heterocycles. The predicted octanol–water partition coefficient (Wildman–Crippen LogP) is -2.08. The normalized spacial score (nSPS) is 27.7. The summed E-state index contributed by atoms with van der Waals surface area (Å²) < 4.78 is 14.7. The number of phenolic OH excluding ortho intramolecular Hbond substituents is 2. The number of carbonyl (C=O) groups excluding carboxylic acids is 1. The first-order chi connectivity index (χ1) is 14.1. The van der Waals surface area contributed by atoms with E-state index in [9.17, 15) is 40.2 Å². The highest BCUT2D eigenvalue weighted by molar-refractivity contribution is 5.87. The summed E-state index contributed by atoms with van der Waals surface area (Å²) in [6.45, 7) is -1.06. The van der Waals surface area contributed by atoms with Crippen LogP contribution in [0.15, 0.2) is 24.3 Å². The van der Waals surface area contributed by atoms with Crippen LogP contribution in [0.5, 0.6) is 11.5 Å². The van der Waals surface area contributed by atoms with Crippen molar-refractivity contribution in [1.82, 2.24) is 0 Å². The zero-order valence-corrected chi connectivity index (χ0v) is 15.4. The molecule has 0 saturated carbocycles. The van der Waals surface area contributed by atoms with Crippen LogP contribution in [-0.2, 0) is 23.8 Å². The quantitative estimate of drug-likeness (QED) is 0.135. The smallest absolute Gasteiger partial charge is 0.335 e. The lowest BCUT2D eigenvalue weighted by atomic mass is 9.99. The molecule has 166 valence electrons. The van der Waals surface area contributed by atoms with Crippen LogP contribution < -0.4 is 0 Å². The number of hydrogen-bond acceptors (Lipinski definition) is 11. The van der Waals surface area contributed by atoms with Gasteiger partial charge in [-0.25, -0.2) is 9.59 Å². The first-order valence-electron chi connectivity index (χ1n) is 8.69. The number of aliphatic carboxylic acids is 1. The van der Waals surface area contributed by atoms with Crippen molar-refractivity contribution < 1.29 is 59.5 Å². The van der Waals surface area contributed by atoms with Crippen LogP contribution >= 0.6 is 0 Å². The average molecular weight is 430 g/mol. The molecule has 0 spiro atoms. The van der Waals surface area contributed by atoms with Crippen LogP contribution in [0.1, 0.15) is 5.56 Å². The number of aliphatic hydroxyl groups excluding tert-OH is 4. The van der Waals surface area contributed by atoms with Crippen molar-refractivity contribution >= 4 is 18.0 Å². The molecule has 0 bridgehead atoms. The third-order valence-electron chi connectivity index (χ3n) is 4.10. The summed E-state index contributed by atoms with van der Waals surface area (Å²) in [5, 5.41) is 66.4. The Morgan fingerprint density at radius 3 is 2.40 bits per heavy atom. The minimum Gasteiger partial charge on any atom is -0.504 e. The molecule has 1 aromatic rings. The van der Waals surface area contributed by atoms with Crippen LogP contribution in [0, 0.1) is 0 Å². The number of esters is 1. The molecular weight excluding hydrogens is 408 g/mol. The Hall–Kier alpha value is -2.74. The van der Waals surface area contributed by atoms with Crippen LogP contribution in [0.2, 0.25) is 0 Å². The van der Waals surface area contributed by atoms with Gasteiger partial charge in [-0.05, 0) is 23.8 Å². The van der Waals surface area contributed by atoms with E-state index in [-0.39, 0.29) is 11.5 Å². The van der Waals surface area contributed by atoms with Gasteiger partial charge in [-0.1, -0.05) is 6.07 Å². The van der Waals surface area contributed by atoms with Gasteiger partial charge in [-0.15, -0.1) is 0 Å². The first kappa shape index (κ1) is 23.5. The molecule has 0 radical (unpaired) electrons. The van der Waals surface area contributed by atoms with Crippen molar-refractivity contribution in [2.24, 2.45) is 0 Å². The summed E-state index contributed by atoms with van der Waals surface area (Å²) in [5.41, 5.74) is 0.406. The van der Waals surface area contributed by atoms with E-state index in [1.165, 1.54) is 24.3 Å². The van der Waals surface area contributed by atoms with Crippen LogP contribution in [0.25, 0.3) is 6.08 Å². The second-order valence-electron chi connectivity index (χ2n) is 6.43. The van der Waals surface area contributed by atoms with Gasteiger partial charge >= 0.3 is 11.9 Å². The third kappa shape index (κ3) is 6.13. The van der Waals surface area contributed by atoms with Crippen molar-refractivity contribution in [2.45, 2.75) is 36.8 Å². The third-order valence-corrected chi connectivity index (χ3v) is 4.10. The van der Waals surface area contributed by atoms with E-state index in [1.807, 2.05) is 0 Å². The highest BCUT2D eigenvalue weighted by Gasteiger charge is 2.47. The molecule has 2 rings (SSSR count). The molecule has 6 atom stereocenters. The number of benzene rings is 1. The van der Waals surface area contributed by atoms with E-state index in [0.717, 1.165) is 6.08 Å². The van der Waals surface area contributed by atoms with Crippen molar-refractivity contribution in [3.05, 3.63) is 29.8 Å². The number of phenols is 2. The molecule has 0 aromatic heterocycles. The number of ether oxygens (including phenoxy) is 3. The second-order valence-corrected chi connectivity index (χ2v) is 6.43. The molecular formula is C18H22O12. The fourth-order valence-electron chi connectivity index (χ4n) is 2.48. The van der Waals surface area contributed by atoms with E-state index < -0.39 is 62.0 Å². The van der Waals surface area contributed by atoms with Crippen molar-refractivity contribution in [1.29, 1.82) is 0 Å². The number of carboxylic acid groups (broad SMARTS) is 1. The first-order valence-corrected chi connectivity index (χ1v) is 8.69.